The van der Waals surface area contributed by atoms with Gasteiger partial charge in [0.25, 0.3) is 0 Å². The van der Waals surface area contributed by atoms with Gasteiger partial charge in [0.05, 0.1) is 5.69 Å². The summed E-state index contributed by atoms with van der Waals surface area (Å²) < 4.78 is 0. The molecular weight excluding hydrogens is 160 g/mol. The monoisotopic (exact) mass is 169 g/mol. The molecule has 1 aliphatic heterocycles. The summed E-state index contributed by atoms with van der Waals surface area (Å²) in [7, 11) is 0. The van der Waals surface area contributed by atoms with Crippen molar-refractivity contribution < 1.29 is 0 Å². The summed E-state index contributed by atoms with van der Waals surface area (Å²) in [4.78, 5) is 7.44. The molecule has 1 radical (unpaired) electrons. The van der Waals surface area contributed by atoms with E-state index in [1.807, 2.05) is 6.07 Å². The number of rotatable bonds is 0. The summed E-state index contributed by atoms with van der Waals surface area (Å²) in [5, 5.41) is 1.32. The van der Waals surface area contributed by atoms with E-state index in [2.05, 4.69) is 34.4 Å². The standard InChI is InChI=1S/C11H9N2/c1-2-4-10-8(3-1)9-5-6-12-7-11(9)13-10/h1-4,13H,5-6H2. The molecule has 1 N–H and O–H groups in total. The van der Waals surface area contributed by atoms with Crippen LogP contribution in [0.1, 0.15) is 11.3 Å². The van der Waals surface area contributed by atoms with Crippen molar-refractivity contribution in [3.63, 3.8) is 0 Å². The molecule has 2 heteroatoms. The van der Waals surface area contributed by atoms with Crippen molar-refractivity contribution in [3.8, 4) is 0 Å². The highest BCUT2D eigenvalue weighted by molar-refractivity contribution is 5.94. The van der Waals surface area contributed by atoms with Crippen LogP contribution in [-0.4, -0.2) is 17.7 Å². The number of hydrogen-bond donors (Lipinski definition) is 1. The van der Waals surface area contributed by atoms with Gasteiger partial charge in [-0.1, -0.05) is 18.2 Å². The third kappa shape index (κ3) is 0.917. The molecule has 0 bridgehead atoms. The van der Waals surface area contributed by atoms with Gasteiger partial charge in [0.2, 0.25) is 0 Å². The highest BCUT2D eigenvalue weighted by atomic mass is 14.8. The second-order valence-electron chi connectivity index (χ2n) is 3.27. The molecule has 0 saturated heterocycles. The highest BCUT2D eigenvalue weighted by Gasteiger charge is 2.11. The van der Waals surface area contributed by atoms with Crippen molar-refractivity contribution in [2.24, 2.45) is 4.99 Å². The van der Waals surface area contributed by atoms with Crippen LogP contribution in [0.4, 0.5) is 0 Å². The number of benzene rings is 1. The lowest BCUT2D eigenvalue weighted by atomic mass is 10.1. The number of hydrogen-bond acceptors (Lipinski definition) is 1. The number of nitrogens with one attached hydrogen (secondary N) is 1. The lowest BCUT2D eigenvalue weighted by Crippen LogP contribution is -2.00. The van der Waals surface area contributed by atoms with Crippen molar-refractivity contribution >= 4 is 17.1 Å². The van der Waals surface area contributed by atoms with E-state index in [4.69, 9.17) is 0 Å². The predicted molar refractivity (Wildman–Crippen MR) is 53.4 cm³/mol. The Bertz CT molecular complexity index is 480. The van der Waals surface area contributed by atoms with Crippen LogP contribution in [0.25, 0.3) is 10.9 Å². The van der Waals surface area contributed by atoms with Crippen LogP contribution in [0.5, 0.6) is 0 Å². The Kier molecular flexibility index (Phi) is 1.30. The Labute approximate surface area is 76.3 Å². The summed E-state index contributed by atoms with van der Waals surface area (Å²) in [5.74, 6) is 0. The van der Waals surface area contributed by atoms with E-state index in [1.165, 1.54) is 16.5 Å². The fourth-order valence-corrected chi connectivity index (χ4v) is 1.86. The molecule has 1 aliphatic rings. The minimum atomic E-state index is 0.870. The van der Waals surface area contributed by atoms with E-state index in [-0.39, 0.29) is 0 Å². The number of H-pyrrole nitrogens is 1. The Morgan fingerprint density at radius 3 is 3.23 bits per heavy atom. The minimum absolute atomic E-state index is 0.870. The lowest BCUT2D eigenvalue weighted by Gasteiger charge is -2.02. The van der Waals surface area contributed by atoms with Crippen LogP contribution < -0.4 is 0 Å². The molecule has 0 spiro atoms. The smallest absolute Gasteiger partial charge is 0.109 e. The zero-order valence-electron chi connectivity index (χ0n) is 7.17. The Balaban J connectivity index is 2.41. The molecule has 1 aromatic heterocycles. The second-order valence-corrected chi connectivity index (χ2v) is 3.27. The highest BCUT2D eigenvalue weighted by Crippen LogP contribution is 2.23. The normalized spacial score (nSPS) is 14.8. The summed E-state index contributed by atoms with van der Waals surface area (Å²) in [6.07, 6.45) is 4.06. The lowest BCUT2D eigenvalue weighted by molar-refractivity contribution is 0.957. The fraction of sp³-hybridized carbons (Fsp3) is 0.182. The molecule has 13 heavy (non-hydrogen) atoms. The van der Waals surface area contributed by atoms with E-state index in [1.54, 1.807) is 0 Å². The van der Waals surface area contributed by atoms with Crippen LogP contribution in [0.15, 0.2) is 29.3 Å². The number of aromatic amines is 1. The van der Waals surface area contributed by atoms with Gasteiger partial charge in [-0.3, -0.25) is 4.99 Å². The number of para-hydroxylation sites is 1. The van der Waals surface area contributed by atoms with Crippen molar-refractivity contribution in [3.05, 3.63) is 35.5 Å². The third-order valence-electron chi connectivity index (χ3n) is 2.48. The van der Waals surface area contributed by atoms with Gasteiger partial charge in [0.1, 0.15) is 6.21 Å². The second kappa shape index (κ2) is 2.46. The molecule has 0 unspecified atom stereocenters. The molecule has 3 rings (SSSR count). The number of aliphatic imine (C=N–C) groups is 1. The van der Waals surface area contributed by atoms with Crippen LogP contribution in [0.3, 0.4) is 0 Å². The maximum Gasteiger partial charge on any atom is 0.109 e. The molecule has 0 amide bonds. The van der Waals surface area contributed by atoms with E-state index >= 15 is 0 Å². The maximum atomic E-state index is 4.13. The number of fused-ring (bicyclic) bond motifs is 3. The first kappa shape index (κ1) is 6.89. The molecule has 0 aliphatic carbocycles. The van der Waals surface area contributed by atoms with Crippen LogP contribution >= 0.6 is 0 Å². The van der Waals surface area contributed by atoms with E-state index < -0.39 is 0 Å². The van der Waals surface area contributed by atoms with E-state index in [0.717, 1.165) is 18.7 Å². The van der Waals surface area contributed by atoms with Crippen LogP contribution in [0.2, 0.25) is 0 Å². The summed E-state index contributed by atoms with van der Waals surface area (Å²) in [6.45, 7) is 0.870. The first-order valence-electron chi connectivity index (χ1n) is 4.47. The molecule has 0 saturated carbocycles. The average molecular weight is 169 g/mol. The van der Waals surface area contributed by atoms with Crippen LogP contribution in [0, 0.1) is 0 Å². The molecule has 63 valence electrons. The zero-order chi connectivity index (χ0) is 8.67. The molecule has 2 nitrogen and oxygen atoms in total. The van der Waals surface area contributed by atoms with E-state index in [9.17, 15) is 0 Å². The summed E-state index contributed by atoms with van der Waals surface area (Å²) in [6, 6.07) is 8.36. The zero-order valence-corrected chi connectivity index (χ0v) is 7.17. The van der Waals surface area contributed by atoms with Gasteiger partial charge in [-0.25, -0.2) is 0 Å². The Morgan fingerprint density at radius 2 is 2.23 bits per heavy atom. The maximum absolute atomic E-state index is 4.13. The minimum Gasteiger partial charge on any atom is -0.353 e. The third-order valence-corrected chi connectivity index (χ3v) is 2.48. The molecule has 1 aromatic carbocycles. The van der Waals surface area contributed by atoms with Crippen molar-refractivity contribution in [2.75, 3.05) is 6.54 Å². The topological polar surface area (TPSA) is 28.1 Å². The molecule has 2 heterocycles. The predicted octanol–water partition coefficient (Wildman–Crippen LogP) is 2.02. The van der Waals surface area contributed by atoms with Gasteiger partial charge in [-0.05, 0) is 18.1 Å². The molecule has 2 aromatic rings. The SMILES string of the molecule is [C]1=NCCc2c1[nH]c1ccccc21. The van der Waals surface area contributed by atoms with Gasteiger partial charge < -0.3 is 4.98 Å². The van der Waals surface area contributed by atoms with Gasteiger partial charge >= 0.3 is 0 Å². The fourth-order valence-electron chi connectivity index (χ4n) is 1.86. The van der Waals surface area contributed by atoms with Gasteiger partial charge in [0, 0.05) is 17.4 Å². The van der Waals surface area contributed by atoms with Crippen molar-refractivity contribution in [1.82, 2.24) is 4.98 Å². The number of nitrogens with zero attached hydrogens (tertiary/aromatic N) is 1. The molecular formula is C11H9N2. The van der Waals surface area contributed by atoms with Gasteiger partial charge in [-0.2, -0.15) is 0 Å². The summed E-state index contributed by atoms with van der Waals surface area (Å²) in [5.41, 5.74) is 3.62. The molecule has 0 atom stereocenters. The van der Waals surface area contributed by atoms with E-state index in [0.29, 0.717) is 0 Å². The van der Waals surface area contributed by atoms with Crippen molar-refractivity contribution in [1.29, 1.82) is 0 Å². The summed E-state index contributed by atoms with van der Waals surface area (Å²) >= 11 is 0. The van der Waals surface area contributed by atoms with Gasteiger partial charge in [0.15, 0.2) is 0 Å². The van der Waals surface area contributed by atoms with Gasteiger partial charge in [-0.15, -0.1) is 0 Å². The Hall–Kier alpha value is -1.57. The largest absolute Gasteiger partial charge is 0.353 e. The quantitative estimate of drug-likeness (QED) is 0.625. The Morgan fingerprint density at radius 1 is 1.31 bits per heavy atom. The average Bonchev–Trinajstić information content (AvgIpc) is 2.56. The van der Waals surface area contributed by atoms with Crippen LogP contribution in [-0.2, 0) is 6.42 Å². The first-order valence-corrected chi connectivity index (χ1v) is 4.47. The molecule has 0 fully saturated rings. The first-order chi connectivity index (χ1) is 6.45. The number of aromatic nitrogens is 1. The van der Waals surface area contributed by atoms with Crippen molar-refractivity contribution in [2.45, 2.75) is 6.42 Å².